The summed E-state index contributed by atoms with van der Waals surface area (Å²) in [4.78, 5) is 16.6. The Labute approximate surface area is 167 Å². The number of piperazine rings is 1. The van der Waals surface area contributed by atoms with Crippen molar-refractivity contribution < 1.29 is 0 Å². The van der Waals surface area contributed by atoms with Gasteiger partial charge in [-0.25, -0.2) is 4.98 Å². The SMILES string of the molecule is Cc1ccc(Nc2nc(N3CC4CC3CN4)nc(C)c2C)cc1/C=N\C(C)C. The third-order valence-electron chi connectivity index (χ3n) is 5.74. The van der Waals surface area contributed by atoms with E-state index in [4.69, 9.17) is 9.97 Å². The van der Waals surface area contributed by atoms with Crippen LogP contribution < -0.4 is 15.5 Å². The molecule has 28 heavy (non-hydrogen) atoms. The van der Waals surface area contributed by atoms with Crippen LogP contribution in [0.3, 0.4) is 0 Å². The number of rotatable bonds is 5. The summed E-state index contributed by atoms with van der Waals surface area (Å²) in [5, 5.41) is 7.06. The molecule has 148 valence electrons. The molecule has 2 fully saturated rings. The first kappa shape index (κ1) is 18.9. The van der Waals surface area contributed by atoms with Crippen LogP contribution in [0.2, 0.25) is 0 Å². The summed E-state index contributed by atoms with van der Waals surface area (Å²) in [5.41, 5.74) is 5.48. The standard InChI is InChI=1S/C22H30N6/c1-13(2)23-10-17-8-18(7-6-14(17)3)26-21-15(4)16(5)25-22(27-21)28-12-19-9-20(28)11-24-19/h6-8,10,13,19-20,24H,9,11-12H2,1-5H3,(H,25,26,27)/b23-10-. The van der Waals surface area contributed by atoms with Crippen molar-refractivity contribution in [1.82, 2.24) is 15.3 Å². The predicted molar refractivity (Wildman–Crippen MR) is 116 cm³/mol. The van der Waals surface area contributed by atoms with Crippen LogP contribution in [0.15, 0.2) is 23.2 Å². The van der Waals surface area contributed by atoms with Crippen molar-refractivity contribution in [2.24, 2.45) is 4.99 Å². The Balaban J connectivity index is 1.62. The molecule has 2 saturated heterocycles. The first-order valence-corrected chi connectivity index (χ1v) is 10.2. The summed E-state index contributed by atoms with van der Waals surface area (Å²) in [6.45, 7) is 12.4. The highest BCUT2D eigenvalue weighted by atomic mass is 15.4. The molecule has 2 aromatic rings. The molecule has 2 N–H and O–H groups in total. The van der Waals surface area contributed by atoms with Crippen molar-refractivity contribution >= 4 is 23.7 Å². The van der Waals surface area contributed by atoms with E-state index in [-0.39, 0.29) is 6.04 Å². The van der Waals surface area contributed by atoms with Gasteiger partial charge in [-0.15, -0.1) is 0 Å². The molecular formula is C22H30N6. The number of aryl methyl sites for hydroxylation is 2. The summed E-state index contributed by atoms with van der Waals surface area (Å²) in [5.74, 6) is 1.72. The predicted octanol–water partition coefficient (Wildman–Crippen LogP) is 3.52. The van der Waals surface area contributed by atoms with E-state index in [1.807, 2.05) is 6.21 Å². The summed E-state index contributed by atoms with van der Waals surface area (Å²) in [7, 11) is 0. The van der Waals surface area contributed by atoms with E-state index in [1.165, 1.54) is 12.0 Å². The third-order valence-corrected chi connectivity index (χ3v) is 5.74. The molecule has 2 aliphatic rings. The second kappa shape index (κ2) is 7.51. The molecule has 0 radical (unpaired) electrons. The van der Waals surface area contributed by atoms with Gasteiger partial charge in [-0.3, -0.25) is 4.99 Å². The van der Waals surface area contributed by atoms with Crippen LogP contribution in [0.5, 0.6) is 0 Å². The number of hydrogen-bond donors (Lipinski definition) is 2. The number of aromatic nitrogens is 2. The van der Waals surface area contributed by atoms with Crippen LogP contribution in [0.25, 0.3) is 0 Å². The zero-order chi connectivity index (χ0) is 19.8. The van der Waals surface area contributed by atoms with Gasteiger partial charge >= 0.3 is 0 Å². The average Bonchev–Trinajstić information content (AvgIpc) is 3.29. The molecule has 6 nitrogen and oxygen atoms in total. The van der Waals surface area contributed by atoms with Gasteiger partial charge in [0, 0.05) is 54.4 Å². The quantitative estimate of drug-likeness (QED) is 0.780. The maximum absolute atomic E-state index is 4.90. The van der Waals surface area contributed by atoms with E-state index < -0.39 is 0 Å². The molecule has 6 heteroatoms. The highest BCUT2D eigenvalue weighted by Crippen LogP contribution is 2.30. The summed E-state index contributed by atoms with van der Waals surface area (Å²) in [6.07, 6.45) is 3.15. The number of nitrogens with one attached hydrogen (secondary N) is 2. The molecule has 0 spiro atoms. The van der Waals surface area contributed by atoms with Gasteiger partial charge in [-0.05, 0) is 64.3 Å². The lowest BCUT2D eigenvalue weighted by atomic mass is 10.1. The Hall–Kier alpha value is -2.47. The second-order valence-corrected chi connectivity index (χ2v) is 8.30. The monoisotopic (exact) mass is 378 g/mol. The minimum absolute atomic E-state index is 0.288. The van der Waals surface area contributed by atoms with Gasteiger partial charge in [0.2, 0.25) is 5.95 Å². The maximum Gasteiger partial charge on any atom is 0.227 e. The van der Waals surface area contributed by atoms with Crippen molar-refractivity contribution in [3.8, 4) is 0 Å². The molecule has 3 heterocycles. The summed E-state index contributed by atoms with van der Waals surface area (Å²) in [6, 6.07) is 7.74. The molecular weight excluding hydrogens is 348 g/mol. The van der Waals surface area contributed by atoms with E-state index in [1.54, 1.807) is 0 Å². The van der Waals surface area contributed by atoms with Gasteiger partial charge in [0.25, 0.3) is 0 Å². The number of hydrogen-bond acceptors (Lipinski definition) is 6. The first-order valence-electron chi connectivity index (χ1n) is 10.2. The number of aliphatic imine (C=N–C) groups is 1. The molecule has 2 aliphatic heterocycles. The van der Waals surface area contributed by atoms with Gasteiger partial charge in [0.1, 0.15) is 5.82 Å². The van der Waals surface area contributed by atoms with Crippen LogP contribution >= 0.6 is 0 Å². The fourth-order valence-electron chi connectivity index (χ4n) is 3.89. The average molecular weight is 379 g/mol. The minimum Gasteiger partial charge on any atom is -0.340 e. The maximum atomic E-state index is 4.90. The van der Waals surface area contributed by atoms with E-state index in [9.17, 15) is 0 Å². The van der Waals surface area contributed by atoms with Gasteiger partial charge in [0.15, 0.2) is 0 Å². The highest BCUT2D eigenvalue weighted by molar-refractivity contribution is 5.84. The molecule has 2 atom stereocenters. The van der Waals surface area contributed by atoms with Crippen LogP contribution in [0.1, 0.15) is 42.7 Å². The van der Waals surface area contributed by atoms with Crippen molar-refractivity contribution in [2.75, 3.05) is 23.3 Å². The van der Waals surface area contributed by atoms with Crippen LogP contribution in [0.4, 0.5) is 17.5 Å². The molecule has 2 bridgehead atoms. The number of fused-ring (bicyclic) bond motifs is 2. The Morgan fingerprint density at radius 1 is 1.25 bits per heavy atom. The van der Waals surface area contributed by atoms with E-state index in [0.29, 0.717) is 12.1 Å². The van der Waals surface area contributed by atoms with Crippen LogP contribution in [0, 0.1) is 20.8 Å². The Bertz CT molecular complexity index is 904. The largest absolute Gasteiger partial charge is 0.340 e. The molecule has 2 unspecified atom stereocenters. The molecule has 0 amide bonds. The van der Waals surface area contributed by atoms with E-state index in [2.05, 4.69) is 73.3 Å². The molecule has 4 rings (SSSR count). The molecule has 1 aromatic carbocycles. The van der Waals surface area contributed by atoms with Crippen LogP contribution in [-0.2, 0) is 0 Å². The Morgan fingerprint density at radius 2 is 2.07 bits per heavy atom. The topological polar surface area (TPSA) is 65.4 Å². The highest BCUT2D eigenvalue weighted by Gasteiger charge is 2.39. The van der Waals surface area contributed by atoms with Gasteiger partial charge in [-0.1, -0.05) is 6.07 Å². The zero-order valence-corrected chi connectivity index (χ0v) is 17.5. The first-order chi connectivity index (χ1) is 13.4. The molecule has 0 saturated carbocycles. The van der Waals surface area contributed by atoms with Crippen LogP contribution in [-0.4, -0.2) is 47.4 Å². The Morgan fingerprint density at radius 3 is 2.75 bits per heavy atom. The summed E-state index contributed by atoms with van der Waals surface area (Å²) >= 11 is 0. The van der Waals surface area contributed by atoms with E-state index in [0.717, 1.165) is 47.4 Å². The number of anilines is 3. The molecule has 0 aliphatic carbocycles. The lowest BCUT2D eigenvalue weighted by Crippen LogP contribution is -2.44. The third kappa shape index (κ3) is 3.74. The second-order valence-electron chi connectivity index (χ2n) is 8.30. The summed E-state index contributed by atoms with van der Waals surface area (Å²) < 4.78 is 0. The fraction of sp³-hybridized carbons (Fsp3) is 0.500. The van der Waals surface area contributed by atoms with Crippen molar-refractivity contribution in [3.05, 3.63) is 40.6 Å². The van der Waals surface area contributed by atoms with Gasteiger partial charge < -0.3 is 15.5 Å². The van der Waals surface area contributed by atoms with E-state index >= 15 is 0 Å². The lowest BCUT2D eigenvalue weighted by Gasteiger charge is -2.28. The fourth-order valence-corrected chi connectivity index (χ4v) is 3.89. The van der Waals surface area contributed by atoms with Gasteiger partial charge in [-0.2, -0.15) is 4.98 Å². The number of nitrogens with zero attached hydrogens (tertiary/aromatic N) is 4. The zero-order valence-electron chi connectivity index (χ0n) is 17.5. The normalized spacial score (nSPS) is 21.3. The molecule has 1 aromatic heterocycles. The van der Waals surface area contributed by atoms with Gasteiger partial charge in [0.05, 0.1) is 0 Å². The van der Waals surface area contributed by atoms with Crippen molar-refractivity contribution in [2.45, 2.75) is 59.2 Å². The lowest BCUT2D eigenvalue weighted by molar-refractivity contribution is 0.571. The minimum atomic E-state index is 0.288. The smallest absolute Gasteiger partial charge is 0.227 e. The van der Waals surface area contributed by atoms with Crippen molar-refractivity contribution in [3.63, 3.8) is 0 Å². The van der Waals surface area contributed by atoms with Crippen molar-refractivity contribution in [1.29, 1.82) is 0 Å². The number of benzene rings is 1. The Kier molecular flexibility index (Phi) is 5.06.